The van der Waals surface area contributed by atoms with Gasteiger partial charge in [-0.1, -0.05) is 27.7 Å². The fourth-order valence-corrected chi connectivity index (χ4v) is 2.24. The van der Waals surface area contributed by atoms with Crippen LogP contribution in [0, 0.1) is 18.3 Å². The summed E-state index contributed by atoms with van der Waals surface area (Å²) in [5.41, 5.74) is 2.00. The van der Waals surface area contributed by atoms with E-state index in [2.05, 4.69) is 27.7 Å². The van der Waals surface area contributed by atoms with Crippen molar-refractivity contribution >= 4 is 0 Å². The molecule has 0 aliphatic heterocycles. The normalized spacial score (nSPS) is 13.8. The van der Waals surface area contributed by atoms with Crippen molar-refractivity contribution in [2.75, 3.05) is 0 Å². The van der Waals surface area contributed by atoms with Gasteiger partial charge in [-0.15, -0.1) is 0 Å². The molecular weight excluding hydrogens is 200 g/mol. The third-order valence-electron chi connectivity index (χ3n) is 2.73. The maximum Gasteiger partial charge on any atom is 0.339 e. The molecule has 0 bridgehead atoms. The number of hydrogen-bond donors (Lipinski definition) is 0. The van der Waals surface area contributed by atoms with Crippen LogP contribution >= 0.6 is 0 Å². The van der Waals surface area contributed by atoms with Gasteiger partial charge in [-0.05, 0) is 42.7 Å². The molecule has 0 aliphatic carbocycles. The Morgan fingerprint density at radius 3 is 2.50 bits per heavy atom. The molecule has 1 rings (SSSR count). The molecular formula is C14H22O2. The first-order valence-electron chi connectivity index (χ1n) is 5.87. The molecule has 0 aliphatic rings. The van der Waals surface area contributed by atoms with Gasteiger partial charge in [0, 0.05) is 5.56 Å². The Balaban J connectivity index is 2.78. The van der Waals surface area contributed by atoms with E-state index >= 15 is 0 Å². The second-order valence-corrected chi connectivity index (χ2v) is 5.94. The Morgan fingerprint density at radius 1 is 1.38 bits per heavy atom. The van der Waals surface area contributed by atoms with Gasteiger partial charge in [-0.3, -0.25) is 0 Å². The molecule has 0 aromatic carbocycles. The van der Waals surface area contributed by atoms with E-state index in [1.807, 2.05) is 13.0 Å². The summed E-state index contributed by atoms with van der Waals surface area (Å²) in [5.74, 6) is 0.504. The molecule has 1 heterocycles. The topological polar surface area (TPSA) is 30.2 Å². The summed E-state index contributed by atoms with van der Waals surface area (Å²) in [6.45, 7) is 10.8. The third kappa shape index (κ3) is 3.84. The minimum Gasteiger partial charge on any atom is -0.431 e. The van der Waals surface area contributed by atoms with Gasteiger partial charge in [-0.2, -0.15) is 0 Å². The summed E-state index contributed by atoms with van der Waals surface area (Å²) < 4.78 is 4.91. The second kappa shape index (κ2) is 4.86. The van der Waals surface area contributed by atoms with Crippen molar-refractivity contribution < 1.29 is 4.42 Å². The maximum atomic E-state index is 11.6. The van der Waals surface area contributed by atoms with Crippen LogP contribution in [0.15, 0.2) is 21.5 Å². The minimum absolute atomic E-state index is 0.180. The lowest BCUT2D eigenvalue weighted by atomic mass is 9.83. The van der Waals surface area contributed by atoms with Crippen LogP contribution in [0.2, 0.25) is 0 Å². The summed E-state index contributed by atoms with van der Waals surface area (Å²) in [4.78, 5) is 11.6. The van der Waals surface area contributed by atoms with Crippen molar-refractivity contribution in [2.45, 2.75) is 47.5 Å². The van der Waals surface area contributed by atoms with E-state index in [9.17, 15) is 4.79 Å². The molecule has 1 atom stereocenters. The van der Waals surface area contributed by atoms with Crippen LogP contribution in [0.3, 0.4) is 0 Å². The van der Waals surface area contributed by atoms with E-state index in [0.29, 0.717) is 11.3 Å². The average molecular weight is 222 g/mol. The second-order valence-electron chi connectivity index (χ2n) is 5.94. The molecule has 2 nitrogen and oxygen atoms in total. The Labute approximate surface area is 97.7 Å². The van der Waals surface area contributed by atoms with Crippen molar-refractivity contribution in [1.29, 1.82) is 0 Å². The molecule has 0 saturated heterocycles. The lowest BCUT2D eigenvalue weighted by Crippen LogP contribution is -2.17. The van der Waals surface area contributed by atoms with Crippen molar-refractivity contribution in [3.63, 3.8) is 0 Å². The lowest BCUT2D eigenvalue weighted by Gasteiger charge is -2.23. The molecule has 2 heteroatoms. The third-order valence-corrected chi connectivity index (χ3v) is 2.73. The summed E-state index contributed by atoms with van der Waals surface area (Å²) in [7, 11) is 0. The molecule has 1 aromatic heterocycles. The van der Waals surface area contributed by atoms with Gasteiger partial charge in [-0.25, -0.2) is 4.79 Å². The van der Waals surface area contributed by atoms with Gasteiger partial charge in [0.15, 0.2) is 0 Å². The SMILES string of the molecule is Cc1ccoc(=O)c1CC(C)CC(C)(C)C. The lowest BCUT2D eigenvalue weighted by molar-refractivity contribution is 0.304. The first-order valence-corrected chi connectivity index (χ1v) is 5.87. The van der Waals surface area contributed by atoms with E-state index in [1.54, 1.807) is 0 Å². The van der Waals surface area contributed by atoms with Crippen molar-refractivity contribution in [3.8, 4) is 0 Å². The zero-order valence-corrected chi connectivity index (χ0v) is 11.0. The molecule has 1 aromatic rings. The molecule has 0 amide bonds. The minimum atomic E-state index is -0.180. The zero-order chi connectivity index (χ0) is 12.3. The van der Waals surface area contributed by atoms with Gasteiger partial charge in [0.25, 0.3) is 0 Å². The fraction of sp³-hybridized carbons (Fsp3) is 0.643. The van der Waals surface area contributed by atoms with Gasteiger partial charge < -0.3 is 4.42 Å². The highest BCUT2D eigenvalue weighted by molar-refractivity contribution is 5.20. The summed E-state index contributed by atoms with van der Waals surface area (Å²) >= 11 is 0. The van der Waals surface area contributed by atoms with E-state index in [1.165, 1.54) is 6.26 Å². The van der Waals surface area contributed by atoms with Gasteiger partial charge in [0.2, 0.25) is 0 Å². The Bertz CT molecular complexity index is 396. The molecule has 0 saturated carbocycles. The summed E-state index contributed by atoms with van der Waals surface area (Å²) in [6.07, 6.45) is 3.39. The molecule has 0 spiro atoms. The number of aryl methyl sites for hydroxylation is 1. The molecule has 16 heavy (non-hydrogen) atoms. The summed E-state index contributed by atoms with van der Waals surface area (Å²) in [5, 5.41) is 0. The highest BCUT2D eigenvalue weighted by Crippen LogP contribution is 2.26. The molecule has 90 valence electrons. The Kier molecular flexibility index (Phi) is 3.95. The van der Waals surface area contributed by atoms with Crippen LogP contribution < -0.4 is 5.63 Å². The molecule has 1 unspecified atom stereocenters. The fourth-order valence-electron chi connectivity index (χ4n) is 2.24. The van der Waals surface area contributed by atoms with E-state index in [-0.39, 0.29) is 5.63 Å². The van der Waals surface area contributed by atoms with Gasteiger partial charge >= 0.3 is 5.63 Å². The van der Waals surface area contributed by atoms with Crippen LogP contribution in [0.25, 0.3) is 0 Å². The largest absolute Gasteiger partial charge is 0.431 e. The highest BCUT2D eigenvalue weighted by atomic mass is 16.4. The van der Waals surface area contributed by atoms with Crippen LogP contribution in [0.4, 0.5) is 0 Å². The first-order chi connectivity index (χ1) is 7.29. The van der Waals surface area contributed by atoms with Gasteiger partial charge in [0.05, 0.1) is 6.26 Å². The molecule has 0 fully saturated rings. The summed E-state index contributed by atoms with van der Waals surface area (Å²) in [6, 6.07) is 1.86. The average Bonchev–Trinajstić information content (AvgIpc) is 2.08. The predicted molar refractivity (Wildman–Crippen MR) is 66.7 cm³/mol. The van der Waals surface area contributed by atoms with Crippen LogP contribution in [0.5, 0.6) is 0 Å². The van der Waals surface area contributed by atoms with E-state index < -0.39 is 0 Å². The first kappa shape index (κ1) is 13.0. The smallest absolute Gasteiger partial charge is 0.339 e. The van der Waals surface area contributed by atoms with Crippen LogP contribution in [-0.2, 0) is 6.42 Å². The van der Waals surface area contributed by atoms with Crippen LogP contribution in [-0.4, -0.2) is 0 Å². The predicted octanol–water partition coefficient (Wildman–Crippen LogP) is 3.56. The number of hydrogen-bond acceptors (Lipinski definition) is 2. The zero-order valence-electron chi connectivity index (χ0n) is 11.0. The molecule has 0 N–H and O–H groups in total. The van der Waals surface area contributed by atoms with Gasteiger partial charge in [0.1, 0.15) is 0 Å². The molecule has 0 radical (unpaired) electrons. The quantitative estimate of drug-likeness (QED) is 0.782. The Hall–Kier alpha value is -1.05. The Morgan fingerprint density at radius 2 is 2.00 bits per heavy atom. The van der Waals surface area contributed by atoms with Crippen LogP contribution in [0.1, 0.15) is 45.2 Å². The van der Waals surface area contributed by atoms with Crippen molar-refractivity contribution in [1.82, 2.24) is 0 Å². The van der Waals surface area contributed by atoms with E-state index in [4.69, 9.17) is 4.42 Å². The maximum absolute atomic E-state index is 11.6. The number of rotatable bonds is 3. The standard InChI is InChI=1S/C14H22O2/c1-10(9-14(3,4)5)8-12-11(2)6-7-16-13(12)15/h6-7,10H,8-9H2,1-5H3. The van der Waals surface area contributed by atoms with Crippen molar-refractivity contribution in [3.05, 3.63) is 33.9 Å². The van der Waals surface area contributed by atoms with Crippen molar-refractivity contribution in [2.24, 2.45) is 11.3 Å². The monoisotopic (exact) mass is 222 g/mol. The van der Waals surface area contributed by atoms with E-state index in [0.717, 1.165) is 24.0 Å². The highest BCUT2D eigenvalue weighted by Gasteiger charge is 2.17.